The Kier molecular flexibility index (Phi) is 6.71. The summed E-state index contributed by atoms with van der Waals surface area (Å²) in [6.45, 7) is 0.743. The highest BCUT2D eigenvalue weighted by Crippen LogP contribution is 2.22. The van der Waals surface area contributed by atoms with Crippen molar-refractivity contribution in [3.05, 3.63) is 52.2 Å². The van der Waals surface area contributed by atoms with Gasteiger partial charge in [0.2, 0.25) is 5.91 Å². The third kappa shape index (κ3) is 5.12. The summed E-state index contributed by atoms with van der Waals surface area (Å²) in [5.41, 5.74) is 2.65. The van der Waals surface area contributed by atoms with Gasteiger partial charge in [-0.15, -0.1) is 0 Å². The monoisotopic (exact) mass is 418 g/mol. The predicted octanol–water partition coefficient (Wildman–Crippen LogP) is 3.37. The molecule has 2 aromatic rings. The smallest absolute Gasteiger partial charge is 0.319 e. The normalized spacial score (nSPS) is 15.2. The van der Waals surface area contributed by atoms with Crippen molar-refractivity contribution in [3.8, 4) is 0 Å². The molecule has 1 aromatic carbocycles. The van der Waals surface area contributed by atoms with Crippen molar-refractivity contribution in [2.24, 2.45) is 0 Å². The molecule has 2 heterocycles. The molecule has 1 unspecified atom stereocenters. The van der Waals surface area contributed by atoms with Crippen molar-refractivity contribution in [2.45, 2.75) is 12.6 Å². The lowest BCUT2D eigenvalue weighted by atomic mass is 10.1. The van der Waals surface area contributed by atoms with Gasteiger partial charge in [-0.05, 0) is 54.2 Å². The molecule has 9 heteroatoms. The fourth-order valence-corrected chi connectivity index (χ4v) is 4.27. The minimum absolute atomic E-state index is 0.104. The first-order valence-electron chi connectivity index (χ1n) is 8.73. The van der Waals surface area contributed by atoms with Crippen molar-refractivity contribution < 1.29 is 14.4 Å². The molecule has 4 amide bonds. The van der Waals surface area contributed by atoms with Crippen molar-refractivity contribution in [2.75, 3.05) is 31.7 Å². The van der Waals surface area contributed by atoms with Gasteiger partial charge >= 0.3 is 6.03 Å². The topological polar surface area (TPSA) is 81.8 Å². The SMILES string of the molecule is CN(C)C(CNC(=O)Nc1ccc(CN2C(=O)CSC2=O)cc1)c1ccsc1. The van der Waals surface area contributed by atoms with E-state index in [-0.39, 0.29) is 35.5 Å². The van der Waals surface area contributed by atoms with Gasteiger partial charge in [-0.3, -0.25) is 14.5 Å². The van der Waals surface area contributed by atoms with Crippen LogP contribution in [0.25, 0.3) is 0 Å². The molecule has 1 aromatic heterocycles. The van der Waals surface area contributed by atoms with Crippen LogP contribution < -0.4 is 10.6 Å². The molecule has 3 rings (SSSR count). The van der Waals surface area contributed by atoms with Crippen LogP contribution >= 0.6 is 23.1 Å². The Morgan fingerprint density at radius 3 is 2.54 bits per heavy atom. The molecule has 148 valence electrons. The van der Waals surface area contributed by atoms with Gasteiger partial charge in [-0.2, -0.15) is 11.3 Å². The predicted molar refractivity (Wildman–Crippen MR) is 113 cm³/mol. The molecule has 0 aliphatic carbocycles. The number of carbonyl (C=O) groups is 3. The van der Waals surface area contributed by atoms with E-state index in [4.69, 9.17) is 0 Å². The van der Waals surface area contributed by atoms with Gasteiger partial charge in [0.05, 0.1) is 18.3 Å². The van der Waals surface area contributed by atoms with Gasteiger partial charge < -0.3 is 15.5 Å². The quantitative estimate of drug-likeness (QED) is 0.721. The minimum atomic E-state index is -0.281. The second-order valence-electron chi connectivity index (χ2n) is 6.60. The number of hydrogen-bond donors (Lipinski definition) is 2. The first-order valence-corrected chi connectivity index (χ1v) is 10.7. The number of amides is 4. The largest absolute Gasteiger partial charge is 0.336 e. The van der Waals surface area contributed by atoms with Crippen molar-refractivity contribution in [1.29, 1.82) is 0 Å². The van der Waals surface area contributed by atoms with E-state index in [1.54, 1.807) is 35.6 Å². The summed E-state index contributed by atoms with van der Waals surface area (Å²) in [6.07, 6.45) is 0. The number of likely N-dealkylation sites (N-methyl/N-ethyl adjacent to an activating group) is 1. The molecular formula is C19H22N4O3S2. The van der Waals surface area contributed by atoms with Crippen LogP contribution in [0.5, 0.6) is 0 Å². The van der Waals surface area contributed by atoms with Gasteiger partial charge in [0.15, 0.2) is 0 Å². The maximum atomic E-state index is 12.2. The van der Waals surface area contributed by atoms with Gasteiger partial charge in [-0.25, -0.2) is 4.79 Å². The molecule has 1 fully saturated rings. The van der Waals surface area contributed by atoms with Crippen LogP contribution in [0, 0.1) is 0 Å². The molecule has 1 aliphatic heterocycles. The van der Waals surface area contributed by atoms with E-state index < -0.39 is 0 Å². The highest BCUT2D eigenvalue weighted by Gasteiger charge is 2.29. The maximum Gasteiger partial charge on any atom is 0.319 e. The molecule has 28 heavy (non-hydrogen) atoms. The van der Waals surface area contributed by atoms with E-state index in [9.17, 15) is 14.4 Å². The summed E-state index contributed by atoms with van der Waals surface area (Å²) in [4.78, 5) is 38.9. The molecule has 2 N–H and O–H groups in total. The van der Waals surface area contributed by atoms with Crippen LogP contribution in [0.15, 0.2) is 41.1 Å². The number of nitrogens with one attached hydrogen (secondary N) is 2. The standard InChI is InChI=1S/C19H22N4O3S2/c1-22(2)16(14-7-8-27-11-14)9-20-18(25)21-15-5-3-13(4-6-15)10-23-17(24)12-28-19(23)26/h3-8,11,16H,9-10,12H2,1-2H3,(H2,20,21,25). The van der Waals surface area contributed by atoms with Crippen LogP contribution in [0.4, 0.5) is 15.3 Å². The van der Waals surface area contributed by atoms with E-state index in [1.165, 1.54) is 10.5 Å². The number of urea groups is 1. The van der Waals surface area contributed by atoms with E-state index >= 15 is 0 Å². The number of nitrogens with zero attached hydrogens (tertiary/aromatic N) is 2. The number of thioether (sulfide) groups is 1. The number of thiophene rings is 1. The van der Waals surface area contributed by atoms with Crippen LogP contribution in [-0.4, -0.2) is 53.4 Å². The van der Waals surface area contributed by atoms with Crippen LogP contribution in [0.3, 0.4) is 0 Å². The molecule has 7 nitrogen and oxygen atoms in total. The summed E-state index contributed by atoms with van der Waals surface area (Å²) in [6, 6.07) is 9.00. The zero-order chi connectivity index (χ0) is 20.1. The molecule has 0 saturated carbocycles. The fraction of sp³-hybridized carbons (Fsp3) is 0.316. The van der Waals surface area contributed by atoms with Gasteiger partial charge in [-0.1, -0.05) is 23.9 Å². The van der Waals surface area contributed by atoms with Gasteiger partial charge in [0.1, 0.15) is 0 Å². The van der Waals surface area contributed by atoms with Crippen molar-refractivity contribution in [1.82, 2.24) is 15.1 Å². The Labute approximate surface area is 172 Å². The number of imide groups is 1. The zero-order valence-corrected chi connectivity index (χ0v) is 17.3. The lowest BCUT2D eigenvalue weighted by molar-refractivity contribution is -0.125. The van der Waals surface area contributed by atoms with Crippen LogP contribution in [-0.2, 0) is 11.3 Å². The molecule has 0 spiro atoms. The third-order valence-corrected chi connectivity index (χ3v) is 5.96. The highest BCUT2D eigenvalue weighted by atomic mass is 32.2. The number of hydrogen-bond acceptors (Lipinski definition) is 6. The Morgan fingerprint density at radius 1 is 1.21 bits per heavy atom. The number of carbonyl (C=O) groups excluding carboxylic acids is 3. The average Bonchev–Trinajstić information content (AvgIpc) is 3.29. The first kappa shape index (κ1) is 20.4. The molecule has 1 atom stereocenters. The van der Waals surface area contributed by atoms with E-state index in [2.05, 4.69) is 27.0 Å². The Bertz CT molecular complexity index is 821. The highest BCUT2D eigenvalue weighted by molar-refractivity contribution is 8.14. The molecule has 1 aliphatic rings. The summed E-state index contributed by atoms with van der Waals surface area (Å²) < 4.78 is 0. The fourth-order valence-electron chi connectivity index (χ4n) is 2.84. The summed E-state index contributed by atoms with van der Waals surface area (Å²) in [5.74, 6) is 0.0375. The lowest BCUT2D eigenvalue weighted by Crippen LogP contribution is -2.36. The zero-order valence-electron chi connectivity index (χ0n) is 15.7. The summed E-state index contributed by atoms with van der Waals surface area (Å²) in [7, 11) is 3.96. The number of anilines is 1. The van der Waals surface area contributed by atoms with Crippen molar-refractivity contribution in [3.63, 3.8) is 0 Å². The number of benzene rings is 1. The van der Waals surface area contributed by atoms with E-state index in [1.807, 2.05) is 19.5 Å². The minimum Gasteiger partial charge on any atom is -0.336 e. The lowest BCUT2D eigenvalue weighted by Gasteiger charge is -2.24. The van der Waals surface area contributed by atoms with Crippen LogP contribution in [0.2, 0.25) is 0 Å². The van der Waals surface area contributed by atoms with Gasteiger partial charge in [0.25, 0.3) is 5.24 Å². The second-order valence-corrected chi connectivity index (χ2v) is 8.31. The Balaban J connectivity index is 1.51. The third-order valence-electron chi connectivity index (χ3n) is 4.40. The Morgan fingerprint density at radius 2 is 1.96 bits per heavy atom. The Hall–Kier alpha value is -2.36. The average molecular weight is 419 g/mol. The molecule has 0 radical (unpaired) electrons. The van der Waals surface area contributed by atoms with E-state index in [0.29, 0.717) is 12.2 Å². The van der Waals surface area contributed by atoms with Crippen molar-refractivity contribution >= 4 is 46.0 Å². The van der Waals surface area contributed by atoms with Gasteiger partial charge in [0, 0.05) is 12.2 Å². The summed E-state index contributed by atoms with van der Waals surface area (Å²) >= 11 is 2.66. The number of rotatable bonds is 7. The second kappa shape index (κ2) is 9.22. The molecule has 1 saturated heterocycles. The van der Waals surface area contributed by atoms with Crippen LogP contribution in [0.1, 0.15) is 17.2 Å². The molecular weight excluding hydrogens is 396 g/mol. The maximum absolute atomic E-state index is 12.2. The van der Waals surface area contributed by atoms with E-state index in [0.717, 1.165) is 17.3 Å². The summed E-state index contributed by atoms with van der Waals surface area (Å²) in [5, 5.41) is 9.59. The molecule has 0 bridgehead atoms. The first-order chi connectivity index (χ1) is 13.4.